The first-order valence-corrected chi connectivity index (χ1v) is 15.9. The Bertz CT molecular complexity index is 2390. The summed E-state index contributed by atoms with van der Waals surface area (Å²) in [5, 5.41) is 13.9. The number of anilines is 2. The number of hydrogen-bond acceptors (Lipinski definition) is 6. The average molecular weight is 692 g/mol. The van der Waals surface area contributed by atoms with Gasteiger partial charge in [-0.15, -0.1) is 0 Å². The molecule has 10 heteroatoms. The number of rotatable bonds is 6. The second kappa shape index (κ2) is 13.7. The Kier molecular flexibility index (Phi) is 9.45. The smallest absolute Gasteiger partial charge is 0.203 e. The predicted molar refractivity (Wildman–Crippen MR) is 192 cm³/mol. The molecule has 0 amide bonds. The van der Waals surface area contributed by atoms with Crippen LogP contribution in [0.4, 0.5) is 11.4 Å². The maximum atomic E-state index is 6.43. The number of nitrogens with one attached hydrogen (secondary N) is 2. The van der Waals surface area contributed by atoms with Crippen molar-refractivity contribution in [2.75, 3.05) is 51.9 Å². The maximum Gasteiger partial charge on any atom is 0.203 e. The first-order valence-electron chi connectivity index (χ1n) is 15.9. The number of halogens is 2. The first kappa shape index (κ1) is 33.7. The predicted octanol–water partition coefficient (Wildman–Crippen LogP) is 0.471. The van der Waals surface area contributed by atoms with E-state index in [9.17, 15) is 0 Å². The highest BCUT2D eigenvalue weighted by Crippen LogP contribution is 2.35. The van der Waals surface area contributed by atoms with Crippen LogP contribution < -0.4 is 55.3 Å². The van der Waals surface area contributed by atoms with E-state index in [0.29, 0.717) is 0 Å². The largest absolute Gasteiger partial charge is 1.00 e. The Balaban J connectivity index is 0.00000208. The van der Waals surface area contributed by atoms with Crippen molar-refractivity contribution in [1.29, 1.82) is 0 Å². The minimum absolute atomic E-state index is 0. The molecule has 0 unspecified atom stereocenters. The number of hydrogen-bond donors (Lipinski definition) is 2. The second-order valence-corrected chi connectivity index (χ2v) is 12.4. The topological polar surface area (TPSA) is 82.1 Å². The van der Waals surface area contributed by atoms with Crippen molar-refractivity contribution in [1.82, 2.24) is 19.1 Å². The van der Waals surface area contributed by atoms with Crippen molar-refractivity contribution >= 4 is 55.1 Å². The van der Waals surface area contributed by atoms with E-state index in [1.807, 2.05) is 52.5 Å². The fourth-order valence-electron chi connectivity index (χ4n) is 6.27. The summed E-state index contributed by atoms with van der Waals surface area (Å²) in [6.45, 7) is 1.56. The SMILES string of the molecule is C[N+](C)=c1ccc2nc3c(cc(NCCCNc4cc5oc6cc(=[N+](C)C)ccc-6nc5c5ccccc45)c4ccccc43)oc-2c1.[Cl-].[Cl-]. The number of fused-ring (bicyclic) bond motifs is 8. The van der Waals surface area contributed by atoms with E-state index in [1.54, 1.807) is 0 Å². The molecule has 0 atom stereocenters. The first-order chi connectivity index (χ1) is 22.9. The highest BCUT2D eigenvalue weighted by Gasteiger charge is 2.16. The van der Waals surface area contributed by atoms with Crippen molar-refractivity contribution in [3.8, 4) is 22.9 Å². The van der Waals surface area contributed by atoms with Gasteiger partial charge in [0.1, 0.15) is 50.6 Å². The lowest BCUT2D eigenvalue weighted by Gasteiger charge is -2.15. The van der Waals surface area contributed by atoms with Crippen molar-refractivity contribution in [2.45, 2.75) is 6.42 Å². The van der Waals surface area contributed by atoms with Crippen LogP contribution in [0.25, 0.3) is 66.7 Å². The highest BCUT2D eigenvalue weighted by atomic mass is 35.5. The standard InChI is InChI=1S/C39H34N6O2.2ClH/c1-44(2)24-14-16-30-34(20-24)46-36-22-32(26-10-5-7-12-28(26)38(36)42-30)40-18-9-19-41-33-23-37-39(29-13-8-6-11-27(29)33)43-31-17-15-25(45(3)4)21-35(31)47-37;;/h5-8,10-17,20-23H,9,18-19H2,1-4H3;2*1H. The molecule has 4 aromatic carbocycles. The van der Waals surface area contributed by atoms with E-state index in [-0.39, 0.29) is 24.8 Å². The summed E-state index contributed by atoms with van der Waals surface area (Å²) in [6.07, 6.45) is 0.900. The van der Waals surface area contributed by atoms with Gasteiger partial charge in [-0.2, -0.15) is 0 Å². The molecule has 2 aliphatic carbocycles. The van der Waals surface area contributed by atoms with Crippen LogP contribution in [-0.2, 0) is 0 Å². The summed E-state index contributed by atoms with van der Waals surface area (Å²) in [4.78, 5) is 10.0. The molecule has 248 valence electrons. The molecule has 0 spiro atoms. The molecule has 8 nitrogen and oxygen atoms in total. The fraction of sp³-hybridized carbons (Fsp3) is 0.179. The molecule has 0 saturated carbocycles. The van der Waals surface area contributed by atoms with Crippen molar-refractivity contribution in [3.63, 3.8) is 0 Å². The van der Waals surface area contributed by atoms with Crippen LogP contribution in [0.5, 0.6) is 0 Å². The molecule has 0 saturated heterocycles. The van der Waals surface area contributed by atoms with Gasteiger partial charge in [-0.05, 0) is 18.6 Å². The quantitative estimate of drug-likeness (QED) is 0.114. The third-order valence-corrected chi connectivity index (χ3v) is 8.77. The second-order valence-electron chi connectivity index (χ2n) is 12.4. The molecule has 8 rings (SSSR count). The van der Waals surface area contributed by atoms with E-state index in [1.165, 1.54) is 0 Å². The summed E-state index contributed by atoms with van der Waals surface area (Å²) in [5.74, 6) is 1.54. The van der Waals surface area contributed by atoms with Gasteiger partial charge in [0.15, 0.2) is 22.7 Å². The number of benzene rings is 6. The summed E-state index contributed by atoms with van der Waals surface area (Å²) in [7, 11) is 8.10. The number of nitrogens with zero attached hydrogens (tertiary/aromatic N) is 4. The third-order valence-electron chi connectivity index (χ3n) is 8.77. The Morgan fingerprint density at radius 1 is 0.531 bits per heavy atom. The van der Waals surface area contributed by atoms with Gasteiger partial charge >= 0.3 is 0 Å². The van der Waals surface area contributed by atoms with Crippen molar-refractivity contribution < 1.29 is 33.6 Å². The van der Waals surface area contributed by atoms with Gasteiger partial charge in [0.25, 0.3) is 0 Å². The lowest BCUT2D eigenvalue weighted by atomic mass is 10.1. The molecular formula is C39H36Cl2N6O2. The fourth-order valence-corrected chi connectivity index (χ4v) is 6.27. The van der Waals surface area contributed by atoms with E-state index in [4.69, 9.17) is 18.8 Å². The lowest BCUT2D eigenvalue weighted by molar-refractivity contribution is -0.001000. The molecule has 2 N–H and O–H groups in total. The molecule has 4 aliphatic rings. The normalized spacial score (nSPS) is 11.2. The van der Waals surface area contributed by atoms with Gasteiger partial charge in [-0.3, -0.25) is 0 Å². The van der Waals surface area contributed by atoms with Gasteiger partial charge in [-0.1, -0.05) is 48.5 Å². The van der Waals surface area contributed by atoms with Crippen LogP contribution in [0, 0.1) is 0 Å². The van der Waals surface area contributed by atoms with Gasteiger partial charge in [0.05, 0.1) is 12.1 Å². The van der Waals surface area contributed by atoms with E-state index >= 15 is 0 Å². The van der Waals surface area contributed by atoms with Gasteiger partial charge in [0.2, 0.25) is 10.7 Å². The molecule has 0 aromatic heterocycles. The van der Waals surface area contributed by atoms with E-state index < -0.39 is 0 Å². The zero-order valence-electron chi connectivity index (χ0n) is 27.7. The Morgan fingerprint density at radius 3 is 1.35 bits per heavy atom. The molecular weight excluding hydrogens is 655 g/mol. The van der Waals surface area contributed by atoms with Crippen LogP contribution >= 0.6 is 0 Å². The Morgan fingerprint density at radius 2 is 0.939 bits per heavy atom. The lowest BCUT2D eigenvalue weighted by Crippen LogP contribution is -3.00. The summed E-state index contributed by atoms with van der Waals surface area (Å²) in [6, 6.07) is 33.2. The highest BCUT2D eigenvalue weighted by molar-refractivity contribution is 6.11. The summed E-state index contributed by atoms with van der Waals surface area (Å²) < 4.78 is 17.0. The van der Waals surface area contributed by atoms with Gasteiger partial charge in [-0.25, -0.2) is 19.1 Å². The minimum Gasteiger partial charge on any atom is -1.00 e. The average Bonchev–Trinajstić information content (AvgIpc) is 3.09. The molecule has 2 aliphatic heterocycles. The van der Waals surface area contributed by atoms with Crippen LogP contribution in [0.1, 0.15) is 6.42 Å². The van der Waals surface area contributed by atoms with Crippen LogP contribution in [0.15, 0.2) is 106 Å². The summed E-state index contributed by atoms with van der Waals surface area (Å²) in [5.41, 5.74) is 7.01. The monoisotopic (exact) mass is 690 g/mol. The minimum atomic E-state index is 0. The number of aromatic nitrogens is 2. The Labute approximate surface area is 296 Å². The van der Waals surface area contributed by atoms with Crippen molar-refractivity contribution in [3.05, 3.63) is 108 Å². The van der Waals surface area contributed by atoms with Gasteiger partial charge in [0, 0.05) is 70.3 Å². The van der Waals surface area contributed by atoms with Crippen LogP contribution in [0.2, 0.25) is 0 Å². The summed E-state index contributed by atoms with van der Waals surface area (Å²) >= 11 is 0. The molecule has 2 heterocycles. The molecule has 0 fully saturated rings. The molecule has 0 radical (unpaired) electrons. The van der Waals surface area contributed by atoms with Gasteiger partial charge < -0.3 is 44.3 Å². The third kappa shape index (κ3) is 6.25. The van der Waals surface area contributed by atoms with E-state index in [0.717, 1.165) is 108 Å². The Hall–Kier alpha value is -5.18. The van der Waals surface area contributed by atoms with Crippen LogP contribution in [-0.4, -0.2) is 51.2 Å². The van der Waals surface area contributed by atoms with Crippen molar-refractivity contribution in [2.24, 2.45) is 0 Å². The molecule has 0 bridgehead atoms. The van der Waals surface area contributed by atoms with Crippen LogP contribution in [0.3, 0.4) is 0 Å². The molecule has 4 aromatic rings. The van der Waals surface area contributed by atoms with E-state index in [2.05, 4.69) is 92.6 Å². The zero-order chi connectivity index (χ0) is 32.1. The maximum absolute atomic E-state index is 6.43. The zero-order valence-corrected chi connectivity index (χ0v) is 29.2. The molecule has 49 heavy (non-hydrogen) atoms.